The largest absolute Gasteiger partial charge is 0.399 e. The van der Waals surface area contributed by atoms with Crippen molar-refractivity contribution in [2.24, 2.45) is 0 Å². The summed E-state index contributed by atoms with van der Waals surface area (Å²) in [6, 6.07) is 6.42. The fourth-order valence-electron chi connectivity index (χ4n) is 1.29. The molecule has 0 bridgehead atoms. The summed E-state index contributed by atoms with van der Waals surface area (Å²) in [5.41, 5.74) is 6.46. The number of alkyl halides is 3. The normalized spacial score (nSPS) is 11.3. The highest BCUT2D eigenvalue weighted by Gasteiger charge is 2.28. The Morgan fingerprint density at radius 1 is 1.41 bits per heavy atom. The standard InChI is InChI=1S/C11H13F3N2O/c1-16(9-4-2-3-8(15)7-9)10(17)5-6-11(12,13)14/h2-4,7H,5-6,15H2,1H3. The molecule has 3 nitrogen and oxygen atoms in total. The summed E-state index contributed by atoms with van der Waals surface area (Å²) in [6.07, 6.45) is -5.99. The van der Waals surface area contributed by atoms with Crippen LogP contribution >= 0.6 is 0 Å². The summed E-state index contributed by atoms with van der Waals surface area (Å²) in [5, 5.41) is 0. The molecule has 0 aromatic heterocycles. The minimum absolute atomic E-state index is 0.456. The fourth-order valence-corrected chi connectivity index (χ4v) is 1.29. The Balaban J connectivity index is 2.64. The number of rotatable bonds is 3. The van der Waals surface area contributed by atoms with Crippen molar-refractivity contribution in [2.45, 2.75) is 19.0 Å². The number of nitrogen functional groups attached to an aromatic ring is 1. The molecule has 17 heavy (non-hydrogen) atoms. The Bertz CT molecular complexity index is 404. The number of carbonyl (C=O) groups is 1. The molecule has 0 unspecified atom stereocenters. The highest BCUT2D eigenvalue weighted by molar-refractivity contribution is 5.93. The summed E-state index contributed by atoms with van der Waals surface area (Å²) < 4.78 is 35.9. The highest BCUT2D eigenvalue weighted by atomic mass is 19.4. The lowest BCUT2D eigenvalue weighted by atomic mass is 10.2. The maximum absolute atomic E-state index is 12.0. The second kappa shape index (κ2) is 5.07. The Kier molecular flexibility index (Phi) is 3.98. The molecule has 94 valence electrons. The Morgan fingerprint density at radius 2 is 2.06 bits per heavy atom. The summed E-state index contributed by atoms with van der Waals surface area (Å²) in [6.45, 7) is 0. The van der Waals surface area contributed by atoms with Gasteiger partial charge in [0, 0.05) is 24.8 Å². The van der Waals surface area contributed by atoms with Crippen LogP contribution in [0.2, 0.25) is 0 Å². The van der Waals surface area contributed by atoms with Crippen LogP contribution in [0.15, 0.2) is 24.3 Å². The number of anilines is 2. The molecule has 1 amide bonds. The van der Waals surface area contributed by atoms with E-state index in [0.29, 0.717) is 11.4 Å². The van der Waals surface area contributed by atoms with Gasteiger partial charge >= 0.3 is 6.18 Å². The molecule has 0 saturated carbocycles. The van der Waals surface area contributed by atoms with E-state index in [4.69, 9.17) is 5.73 Å². The molecule has 0 aliphatic carbocycles. The van der Waals surface area contributed by atoms with E-state index in [1.165, 1.54) is 18.0 Å². The van der Waals surface area contributed by atoms with Crippen LogP contribution in [0.1, 0.15) is 12.8 Å². The molecule has 1 aromatic rings. The second-order valence-electron chi connectivity index (χ2n) is 3.66. The van der Waals surface area contributed by atoms with Gasteiger partial charge in [0.15, 0.2) is 0 Å². The summed E-state index contributed by atoms with van der Waals surface area (Å²) in [7, 11) is 1.42. The van der Waals surface area contributed by atoms with Crippen LogP contribution < -0.4 is 10.6 Å². The van der Waals surface area contributed by atoms with Crippen LogP contribution in [-0.2, 0) is 4.79 Å². The molecule has 6 heteroatoms. The fraction of sp³-hybridized carbons (Fsp3) is 0.364. The predicted octanol–water partition coefficient (Wildman–Crippen LogP) is 2.57. The number of nitrogens with two attached hydrogens (primary N) is 1. The number of hydrogen-bond acceptors (Lipinski definition) is 2. The maximum atomic E-state index is 12.0. The Morgan fingerprint density at radius 3 is 2.59 bits per heavy atom. The van der Waals surface area contributed by atoms with Crippen molar-refractivity contribution < 1.29 is 18.0 Å². The zero-order chi connectivity index (χ0) is 13.1. The average Bonchev–Trinajstić information content (AvgIpc) is 2.24. The number of amides is 1. The van der Waals surface area contributed by atoms with Gasteiger partial charge in [-0.3, -0.25) is 4.79 Å². The van der Waals surface area contributed by atoms with Gasteiger partial charge in [-0.2, -0.15) is 13.2 Å². The lowest BCUT2D eigenvalue weighted by Crippen LogP contribution is -2.27. The van der Waals surface area contributed by atoms with E-state index in [-0.39, 0.29) is 0 Å². The predicted molar refractivity (Wildman–Crippen MR) is 59.6 cm³/mol. The SMILES string of the molecule is CN(C(=O)CCC(F)(F)F)c1cccc(N)c1. The van der Waals surface area contributed by atoms with Crippen molar-refractivity contribution >= 4 is 17.3 Å². The Labute approximate surface area is 97.0 Å². The average molecular weight is 246 g/mol. The molecule has 0 aliphatic rings. The van der Waals surface area contributed by atoms with Crippen molar-refractivity contribution in [1.82, 2.24) is 0 Å². The second-order valence-corrected chi connectivity index (χ2v) is 3.66. The van der Waals surface area contributed by atoms with E-state index < -0.39 is 24.9 Å². The van der Waals surface area contributed by atoms with Crippen LogP contribution in [0, 0.1) is 0 Å². The van der Waals surface area contributed by atoms with E-state index in [9.17, 15) is 18.0 Å². The van der Waals surface area contributed by atoms with Crippen LogP contribution in [0.4, 0.5) is 24.5 Å². The maximum Gasteiger partial charge on any atom is 0.389 e. The summed E-state index contributed by atoms with van der Waals surface area (Å²) in [5.74, 6) is -0.590. The molecule has 0 fully saturated rings. The summed E-state index contributed by atoms with van der Waals surface area (Å²) >= 11 is 0. The minimum atomic E-state index is -4.31. The van der Waals surface area contributed by atoms with Gasteiger partial charge < -0.3 is 10.6 Å². The van der Waals surface area contributed by atoms with Crippen LogP contribution in [-0.4, -0.2) is 19.1 Å². The first-order valence-electron chi connectivity index (χ1n) is 4.98. The quantitative estimate of drug-likeness (QED) is 0.833. The van der Waals surface area contributed by atoms with Gasteiger partial charge in [-0.05, 0) is 18.2 Å². The van der Waals surface area contributed by atoms with Crippen molar-refractivity contribution in [3.63, 3.8) is 0 Å². The van der Waals surface area contributed by atoms with Gasteiger partial charge in [0.1, 0.15) is 0 Å². The Hall–Kier alpha value is -1.72. The van der Waals surface area contributed by atoms with Crippen molar-refractivity contribution in [2.75, 3.05) is 17.7 Å². The molecule has 0 radical (unpaired) electrons. The van der Waals surface area contributed by atoms with Crippen LogP contribution in [0.5, 0.6) is 0 Å². The molecule has 0 atom stereocenters. The van der Waals surface area contributed by atoms with Gasteiger partial charge in [0.05, 0.1) is 6.42 Å². The molecule has 0 aliphatic heterocycles. The third-order valence-corrected chi connectivity index (χ3v) is 2.25. The third-order valence-electron chi connectivity index (χ3n) is 2.25. The lowest BCUT2D eigenvalue weighted by molar-refractivity contribution is -0.142. The number of nitrogens with zero attached hydrogens (tertiary/aromatic N) is 1. The molecular formula is C11H13F3N2O. The van der Waals surface area contributed by atoms with E-state index in [1.807, 2.05) is 0 Å². The number of halogens is 3. The topological polar surface area (TPSA) is 46.3 Å². The lowest BCUT2D eigenvalue weighted by Gasteiger charge is -2.18. The monoisotopic (exact) mass is 246 g/mol. The molecule has 0 heterocycles. The molecule has 1 rings (SSSR count). The zero-order valence-electron chi connectivity index (χ0n) is 9.29. The summed E-state index contributed by atoms with van der Waals surface area (Å²) in [4.78, 5) is 12.7. The van der Waals surface area contributed by atoms with E-state index in [1.54, 1.807) is 18.2 Å². The third kappa shape index (κ3) is 4.34. The first kappa shape index (κ1) is 13.3. The molecule has 0 spiro atoms. The van der Waals surface area contributed by atoms with Gasteiger partial charge in [-0.25, -0.2) is 0 Å². The van der Waals surface area contributed by atoms with Crippen molar-refractivity contribution in [3.8, 4) is 0 Å². The molecule has 2 N–H and O–H groups in total. The van der Waals surface area contributed by atoms with E-state index in [2.05, 4.69) is 0 Å². The van der Waals surface area contributed by atoms with Crippen LogP contribution in [0.25, 0.3) is 0 Å². The number of carbonyl (C=O) groups excluding carboxylic acids is 1. The van der Waals surface area contributed by atoms with Gasteiger partial charge in [0.2, 0.25) is 5.91 Å². The highest BCUT2D eigenvalue weighted by Crippen LogP contribution is 2.23. The smallest absolute Gasteiger partial charge is 0.389 e. The first-order chi connectivity index (χ1) is 7.79. The van der Waals surface area contributed by atoms with E-state index >= 15 is 0 Å². The van der Waals surface area contributed by atoms with Crippen LogP contribution in [0.3, 0.4) is 0 Å². The molecule has 0 saturated heterocycles. The molecular weight excluding hydrogens is 233 g/mol. The zero-order valence-corrected chi connectivity index (χ0v) is 9.29. The number of benzene rings is 1. The number of hydrogen-bond donors (Lipinski definition) is 1. The van der Waals surface area contributed by atoms with Crippen molar-refractivity contribution in [1.29, 1.82) is 0 Å². The van der Waals surface area contributed by atoms with Gasteiger partial charge in [-0.15, -0.1) is 0 Å². The van der Waals surface area contributed by atoms with Crippen molar-refractivity contribution in [3.05, 3.63) is 24.3 Å². The van der Waals surface area contributed by atoms with Gasteiger partial charge in [0.25, 0.3) is 0 Å². The minimum Gasteiger partial charge on any atom is -0.399 e. The van der Waals surface area contributed by atoms with Gasteiger partial charge in [-0.1, -0.05) is 6.07 Å². The van der Waals surface area contributed by atoms with E-state index in [0.717, 1.165) is 0 Å². The molecule has 1 aromatic carbocycles. The first-order valence-corrected chi connectivity index (χ1v) is 4.98.